The molecular weight excluding hydrogens is 222 g/mol. The Bertz CT molecular complexity index is 357. The Hall–Kier alpha value is -0.830. The summed E-state index contributed by atoms with van der Waals surface area (Å²) >= 11 is 0. The van der Waals surface area contributed by atoms with Crippen molar-refractivity contribution in [3.05, 3.63) is 17.2 Å². The van der Waals surface area contributed by atoms with Crippen molar-refractivity contribution in [2.75, 3.05) is 0 Å². The maximum atomic E-state index is 6.09. The fourth-order valence-electron chi connectivity index (χ4n) is 2.80. The average molecular weight is 249 g/mol. The molecule has 0 saturated heterocycles. The second-order valence-corrected chi connectivity index (χ2v) is 5.56. The van der Waals surface area contributed by atoms with Gasteiger partial charge in [0.2, 0.25) is 0 Å². The molecule has 0 amide bonds. The molecule has 0 radical (unpaired) electrons. The fraction of sp³-hybridized carbons (Fsp3) is 0.800. The monoisotopic (exact) mass is 249 g/mol. The third-order valence-electron chi connectivity index (χ3n) is 3.92. The highest BCUT2D eigenvalue weighted by Gasteiger charge is 2.20. The highest BCUT2D eigenvalue weighted by molar-refractivity contribution is 5.21. The number of aryl methyl sites for hydroxylation is 2. The third kappa shape index (κ3) is 3.58. The minimum absolute atomic E-state index is 0.170. The maximum Gasteiger partial charge on any atom is 0.106 e. The lowest BCUT2D eigenvalue weighted by atomic mass is 9.97. The van der Waals surface area contributed by atoms with Crippen LogP contribution in [0.3, 0.4) is 0 Å². The predicted molar refractivity (Wildman–Crippen MR) is 75.5 cm³/mol. The maximum absolute atomic E-state index is 6.09. The molecule has 3 N–H and O–H groups in total. The average Bonchev–Trinajstić information content (AvgIpc) is 2.78. The Morgan fingerprint density at radius 3 is 2.78 bits per heavy atom. The summed E-state index contributed by atoms with van der Waals surface area (Å²) in [4.78, 5) is 8.16. The minimum Gasteiger partial charge on any atom is -0.346 e. The van der Waals surface area contributed by atoms with E-state index in [1.54, 1.807) is 0 Å². The van der Waals surface area contributed by atoms with Crippen LogP contribution in [-0.2, 0) is 12.8 Å². The van der Waals surface area contributed by atoms with Crippen LogP contribution in [0.4, 0.5) is 0 Å². The summed E-state index contributed by atoms with van der Waals surface area (Å²) in [5.74, 6) is 1.16. The van der Waals surface area contributed by atoms with Crippen LogP contribution in [0.2, 0.25) is 0 Å². The molecule has 1 aromatic rings. The van der Waals surface area contributed by atoms with E-state index in [1.165, 1.54) is 50.6 Å². The zero-order chi connectivity index (χ0) is 12.8. The number of H-pyrrole nitrogens is 1. The number of rotatable bonds is 7. The summed E-state index contributed by atoms with van der Waals surface area (Å²) in [5, 5.41) is 0. The number of hydrogen-bond donors (Lipinski definition) is 2. The summed E-state index contributed by atoms with van der Waals surface area (Å²) in [7, 11) is 0. The normalized spacial score (nSPS) is 18.9. The van der Waals surface area contributed by atoms with E-state index in [2.05, 4.69) is 16.9 Å². The largest absolute Gasteiger partial charge is 0.346 e. The van der Waals surface area contributed by atoms with Crippen LogP contribution in [-0.4, -0.2) is 9.97 Å². The van der Waals surface area contributed by atoms with Gasteiger partial charge in [0.1, 0.15) is 5.82 Å². The first kappa shape index (κ1) is 13.6. The van der Waals surface area contributed by atoms with E-state index in [-0.39, 0.29) is 6.04 Å². The Balaban J connectivity index is 1.73. The van der Waals surface area contributed by atoms with Crippen molar-refractivity contribution < 1.29 is 0 Å². The zero-order valence-corrected chi connectivity index (χ0v) is 11.7. The van der Waals surface area contributed by atoms with Gasteiger partial charge in [-0.05, 0) is 25.7 Å². The van der Waals surface area contributed by atoms with Crippen LogP contribution in [0.5, 0.6) is 0 Å². The molecule has 2 rings (SSSR count). The van der Waals surface area contributed by atoms with E-state index in [0.29, 0.717) is 0 Å². The molecule has 18 heavy (non-hydrogen) atoms. The van der Waals surface area contributed by atoms with Gasteiger partial charge in [0.05, 0.1) is 5.69 Å². The van der Waals surface area contributed by atoms with Gasteiger partial charge < -0.3 is 10.7 Å². The summed E-state index contributed by atoms with van der Waals surface area (Å²) < 4.78 is 0. The molecule has 0 saturated carbocycles. The lowest BCUT2D eigenvalue weighted by Crippen LogP contribution is -2.17. The van der Waals surface area contributed by atoms with Gasteiger partial charge in [-0.25, -0.2) is 4.98 Å². The summed E-state index contributed by atoms with van der Waals surface area (Å²) in [6.07, 6.45) is 12.6. The number of aromatic amines is 1. The first-order chi connectivity index (χ1) is 8.81. The van der Waals surface area contributed by atoms with Crippen molar-refractivity contribution in [2.24, 2.45) is 5.73 Å². The molecule has 0 aromatic carbocycles. The van der Waals surface area contributed by atoms with Crippen molar-refractivity contribution in [1.82, 2.24) is 9.97 Å². The van der Waals surface area contributed by atoms with Gasteiger partial charge in [0, 0.05) is 18.2 Å². The van der Waals surface area contributed by atoms with Crippen molar-refractivity contribution in [2.45, 2.75) is 77.2 Å². The van der Waals surface area contributed by atoms with Gasteiger partial charge in [-0.15, -0.1) is 0 Å². The van der Waals surface area contributed by atoms with E-state index in [0.717, 1.165) is 30.8 Å². The number of imidazole rings is 1. The van der Waals surface area contributed by atoms with Gasteiger partial charge in [-0.3, -0.25) is 0 Å². The van der Waals surface area contributed by atoms with E-state index < -0.39 is 0 Å². The highest BCUT2D eigenvalue weighted by atomic mass is 15.0. The Kier molecular flexibility index (Phi) is 5.24. The first-order valence-electron chi connectivity index (χ1n) is 7.64. The van der Waals surface area contributed by atoms with Gasteiger partial charge >= 0.3 is 0 Å². The second kappa shape index (κ2) is 6.93. The van der Waals surface area contributed by atoms with E-state index in [9.17, 15) is 0 Å². The molecule has 1 unspecified atom stereocenters. The Morgan fingerprint density at radius 2 is 2.00 bits per heavy atom. The first-order valence-corrected chi connectivity index (χ1v) is 7.64. The van der Waals surface area contributed by atoms with Gasteiger partial charge in [0.25, 0.3) is 0 Å². The van der Waals surface area contributed by atoms with E-state index in [1.807, 2.05) is 0 Å². The molecule has 0 fully saturated rings. The topological polar surface area (TPSA) is 54.7 Å². The van der Waals surface area contributed by atoms with Crippen molar-refractivity contribution in [1.29, 1.82) is 0 Å². The highest BCUT2D eigenvalue weighted by Crippen LogP contribution is 2.26. The molecule has 0 aliphatic heterocycles. The SMILES string of the molecule is CCCCCCCCc1nc2c([nH]1)CCCC2N. The Labute approximate surface area is 111 Å². The van der Waals surface area contributed by atoms with Crippen molar-refractivity contribution >= 4 is 0 Å². The molecule has 1 aliphatic carbocycles. The standard InChI is InChI=1S/C15H27N3/c1-2-3-4-5-6-7-11-14-17-13-10-8-9-12(16)15(13)18-14/h12H,2-11,16H2,1H3,(H,17,18). The number of nitrogens with one attached hydrogen (secondary N) is 1. The van der Waals surface area contributed by atoms with Crippen LogP contribution in [0.15, 0.2) is 0 Å². The van der Waals surface area contributed by atoms with Crippen molar-refractivity contribution in [3.8, 4) is 0 Å². The summed E-state index contributed by atoms with van der Waals surface area (Å²) in [6.45, 7) is 2.26. The number of hydrogen-bond acceptors (Lipinski definition) is 2. The molecule has 3 heteroatoms. The zero-order valence-electron chi connectivity index (χ0n) is 11.7. The Morgan fingerprint density at radius 1 is 1.22 bits per heavy atom. The molecule has 0 bridgehead atoms. The predicted octanol–water partition coefficient (Wildman–Crippen LogP) is 3.65. The lowest BCUT2D eigenvalue weighted by molar-refractivity contribution is 0.555. The quantitative estimate of drug-likeness (QED) is 0.725. The lowest BCUT2D eigenvalue weighted by Gasteiger charge is -2.15. The molecule has 102 valence electrons. The molecule has 1 atom stereocenters. The smallest absolute Gasteiger partial charge is 0.106 e. The van der Waals surface area contributed by atoms with Crippen LogP contribution < -0.4 is 5.73 Å². The summed E-state index contributed by atoms with van der Waals surface area (Å²) in [6, 6.07) is 0.170. The molecule has 0 spiro atoms. The molecule has 3 nitrogen and oxygen atoms in total. The van der Waals surface area contributed by atoms with Gasteiger partial charge in [0.15, 0.2) is 0 Å². The van der Waals surface area contributed by atoms with Crippen LogP contribution in [0, 0.1) is 0 Å². The number of aromatic nitrogens is 2. The molecule has 1 aromatic heterocycles. The van der Waals surface area contributed by atoms with E-state index in [4.69, 9.17) is 5.73 Å². The van der Waals surface area contributed by atoms with Crippen LogP contribution in [0.25, 0.3) is 0 Å². The van der Waals surface area contributed by atoms with Gasteiger partial charge in [-0.2, -0.15) is 0 Å². The molecular formula is C15H27N3. The number of fused-ring (bicyclic) bond motifs is 1. The molecule has 1 aliphatic rings. The number of nitrogens with zero attached hydrogens (tertiary/aromatic N) is 1. The number of unbranched alkanes of at least 4 members (excludes halogenated alkanes) is 5. The second-order valence-electron chi connectivity index (χ2n) is 5.56. The van der Waals surface area contributed by atoms with Crippen molar-refractivity contribution in [3.63, 3.8) is 0 Å². The summed E-state index contributed by atoms with van der Waals surface area (Å²) in [5.41, 5.74) is 8.53. The van der Waals surface area contributed by atoms with E-state index >= 15 is 0 Å². The molecule has 1 heterocycles. The van der Waals surface area contributed by atoms with Crippen LogP contribution in [0.1, 0.15) is 81.5 Å². The fourth-order valence-corrected chi connectivity index (χ4v) is 2.80. The van der Waals surface area contributed by atoms with Gasteiger partial charge in [-0.1, -0.05) is 39.0 Å². The number of nitrogens with two attached hydrogens (primary N) is 1. The van der Waals surface area contributed by atoms with Crippen LogP contribution >= 0.6 is 0 Å². The third-order valence-corrected chi connectivity index (χ3v) is 3.92. The minimum atomic E-state index is 0.170.